The molecule has 1 fully saturated rings. The van der Waals surface area contributed by atoms with Gasteiger partial charge in [0, 0.05) is 44.0 Å². The summed E-state index contributed by atoms with van der Waals surface area (Å²) in [5.41, 5.74) is 2.31. The first kappa shape index (κ1) is 20.6. The highest BCUT2D eigenvalue weighted by atomic mass is 16.5. The van der Waals surface area contributed by atoms with E-state index >= 15 is 0 Å². The van der Waals surface area contributed by atoms with Gasteiger partial charge in [0.1, 0.15) is 5.82 Å². The summed E-state index contributed by atoms with van der Waals surface area (Å²) in [5.74, 6) is 2.58. The van der Waals surface area contributed by atoms with Gasteiger partial charge in [-0.1, -0.05) is 41.6 Å². The Kier molecular flexibility index (Phi) is 5.67. The fourth-order valence-corrected chi connectivity index (χ4v) is 3.65. The van der Waals surface area contributed by atoms with Crippen LogP contribution in [-0.4, -0.2) is 57.3 Å². The minimum atomic E-state index is -0.128. The van der Waals surface area contributed by atoms with E-state index in [2.05, 4.69) is 30.6 Å². The third-order valence-corrected chi connectivity index (χ3v) is 5.50. The first-order valence-electron chi connectivity index (χ1n) is 10.8. The molecule has 4 heterocycles. The van der Waals surface area contributed by atoms with E-state index in [1.165, 1.54) is 0 Å². The van der Waals surface area contributed by atoms with E-state index in [0.29, 0.717) is 43.5 Å². The van der Waals surface area contributed by atoms with Crippen LogP contribution in [0.3, 0.4) is 0 Å². The summed E-state index contributed by atoms with van der Waals surface area (Å²) < 4.78 is 5.38. The number of hydrogen-bond acceptors (Lipinski definition) is 8. The molecule has 9 nitrogen and oxygen atoms in total. The molecule has 5 rings (SSSR count). The zero-order chi connectivity index (χ0) is 22.6. The van der Waals surface area contributed by atoms with Gasteiger partial charge in [0.2, 0.25) is 0 Å². The molecule has 166 valence electrons. The molecule has 0 aliphatic carbocycles. The summed E-state index contributed by atoms with van der Waals surface area (Å²) in [6, 6.07) is 19.0. The maximum absolute atomic E-state index is 12.9. The Balaban J connectivity index is 1.17. The number of nitrogens with one attached hydrogen (secondary N) is 1. The van der Waals surface area contributed by atoms with E-state index in [9.17, 15) is 4.79 Å². The van der Waals surface area contributed by atoms with Crippen LogP contribution in [0.15, 0.2) is 71.4 Å². The predicted molar refractivity (Wildman–Crippen MR) is 124 cm³/mol. The van der Waals surface area contributed by atoms with Crippen LogP contribution in [0, 0.1) is 6.92 Å². The maximum atomic E-state index is 12.9. The van der Waals surface area contributed by atoms with Crippen molar-refractivity contribution in [1.29, 1.82) is 0 Å². The molecule has 0 bridgehead atoms. The molecule has 33 heavy (non-hydrogen) atoms. The number of aromatic nitrogens is 4. The van der Waals surface area contributed by atoms with Gasteiger partial charge in [0.05, 0.1) is 0 Å². The number of rotatable bonds is 5. The largest absolute Gasteiger partial charge is 0.355 e. The number of piperazine rings is 1. The van der Waals surface area contributed by atoms with Gasteiger partial charge in [0.25, 0.3) is 5.91 Å². The van der Waals surface area contributed by atoms with E-state index in [4.69, 9.17) is 4.52 Å². The molecule has 0 spiro atoms. The van der Waals surface area contributed by atoms with E-state index in [-0.39, 0.29) is 5.91 Å². The molecule has 0 unspecified atom stereocenters. The second kappa shape index (κ2) is 9.07. The number of nitrogens with zero attached hydrogens (tertiary/aromatic N) is 6. The number of pyridine rings is 1. The van der Waals surface area contributed by atoms with Gasteiger partial charge in [0.15, 0.2) is 23.1 Å². The summed E-state index contributed by atoms with van der Waals surface area (Å²) in [6.45, 7) is 4.46. The van der Waals surface area contributed by atoms with Gasteiger partial charge in [-0.2, -0.15) is 0 Å². The normalized spacial score (nSPS) is 13.7. The molecule has 1 aliphatic heterocycles. The lowest BCUT2D eigenvalue weighted by molar-refractivity contribution is 0.0736. The molecule has 0 atom stereocenters. The van der Waals surface area contributed by atoms with Crippen LogP contribution in [0.2, 0.25) is 0 Å². The number of benzene rings is 1. The second-order valence-electron chi connectivity index (χ2n) is 7.84. The van der Waals surface area contributed by atoms with Crippen LogP contribution < -0.4 is 10.2 Å². The molecular weight excluding hydrogens is 418 g/mol. The van der Waals surface area contributed by atoms with Crippen molar-refractivity contribution in [2.24, 2.45) is 0 Å². The highest BCUT2D eigenvalue weighted by Gasteiger charge is 2.25. The second-order valence-corrected chi connectivity index (χ2v) is 7.84. The molecule has 1 saturated heterocycles. The molecule has 0 saturated carbocycles. The highest BCUT2D eigenvalue weighted by Crippen LogP contribution is 2.22. The summed E-state index contributed by atoms with van der Waals surface area (Å²) >= 11 is 0. The summed E-state index contributed by atoms with van der Waals surface area (Å²) in [7, 11) is 0. The average molecular weight is 441 g/mol. The van der Waals surface area contributed by atoms with Gasteiger partial charge in [-0.3, -0.25) is 4.79 Å². The standard InChI is InChI=1S/C24H23N7O2/c1-17-7-8-21(25-16-17)26-22-9-10-23(28-27-22)30-11-13-31(14-12-30)24(32)19-15-20(33-29-19)18-5-3-2-4-6-18/h2-10,15-16H,11-14H2,1H3,(H,25,26,27). The van der Waals surface area contributed by atoms with E-state index in [1.807, 2.05) is 61.5 Å². The third kappa shape index (κ3) is 4.67. The molecule has 3 aromatic heterocycles. The molecule has 0 radical (unpaired) electrons. The van der Waals surface area contributed by atoms with Crippen molar-refractivity contribution in [1.82, 2.24) is 25.2 Å². The summed E-state index contributed by atoms with van der Waals surface area (Å²) in [5, 5.41) is 15.7. The van der Waals surface area contributed by atoms with Gasteiger partial charge in [-0.05, 0) is 30.7 Å². The van der Waals surface area contributed by atoms with Gasteiger partial charge in [-0.25, -0.2) is 4.98 Å². The Labute approximate surface area is 191 Å². The Morgan fingerprint density at radius 1 is 0.939 bits per heavy atom. The molecule has 1 amide bonds. The van der Waals surface area contributed by atoms with E-state index in [0.717, 1.165) is 22.8 Å². The summed E-state index contributed by atoms with van der Waals surface area (Å²) in [4.78, 5) is 21.1. The Hall–Kier alpha value is -4.27. The molecule has 1 aliphatic rings. The smallest absolute Gasteiger partial charge is 0.276 e. The Morgan fingerprint density at radius 2 is 1.73 bits per heavy atom. The zero-order valence-electron chi connectivity index (χ0n) is 18.2. The lowest BCUT2D eigenvalue weighted by atomic mass is 10.1. The first-order chi connectivity index (χ1) is 16.2. The number of anilines is 3. The van der Waals surface area contributed by atoms with Crippen LogP contribution in [0.5, 0.6) is 0 Å². The first-order valence-corrected chi connectivity index (χ1v) is 10.8. The Morgan fingerprint density at radius 3 is 2.42 bits per heavy atom. The van der Waals surface area contributed by atoms with Gasteiger partial charge in [-0.15, -0.1) is 10.2 Å². The van der Waals surface area contributed by atoms with Crippen LogP contribution in [0.25, 0.3) is 11.3 Å². The quantitative estimate of drug-likeness (QED) is 0.502. The maximum Gasteiger partial charge on any atom is 0.276 e. The third-order valence-electron chi connectivity index (χ3n) is 5.50. The lowest BCUT2D eigenvalue weighted by Crippen LogP contribution is -2.49. The number of amides is 1. The average Bonchev–Trinajstić information content (AvgIpc) is 3.37. The van der Waals surface area contributed by atoms with E-state index in [1.54, 1.807) is 17.2 Å². The topological polar surface area (TPSA) is 100 Å². The van der Waals surface area contributed by atoms with Gasteiger partial charge < -0.3 is 19.6 Å². The molecular formula is C24H23N7O2. The highest BCUT2D eigenvalue weighted by molar-refractivity contribution is 5.93. The van der Waals surface area contributed by atoms with Crippen molar-refractivity contribution in [2.75, 3.05) is 36.4 Å². The van der Waals surface area contributed by atoms with Crippen molar-refractivity contribution in [2.45, 2.75) is 6.92 Å². The lowest BCUT2D eigenvalue weighted by Gasteiger charge is -2.34. The number of aryl methyl sites for hydroxylation is 1. The van der Waals surface area contributed by atoms with Crippen LogP contribution in [0.4, 0.5) is 17.5 Å². The van der Waals surface area contributed by atoms with Gasteiger partial charge >= 0.3 is 0 Å². The molecule has 1 N–H and O–H groups in total. The summed E-state index contributed by atoms with van der Waals surface area (Å²) in [6.07, 6.45) is 1.80. The molecule has 4 aromatic rings. The minimum absolute atomic E-state index is 0.128. The molecule has 9 heteroatoms. The minimum Gasteiger partial charge on any atom is -0.355 e. The SMILES string of the molecule is Cc1ccc(Nc2ccc(N3CCN(C(=O)c4cc(-c5ccccc5)on4)CC3)nn2)nc1. The fraction of sp³-hybridized carbons (Fsp3) is 0.208. The monoisotopic (exact) mass is 441 g/mol. The van der Waals surface area contributed by atoms with Crippen LogP contribution >= 0.6 is 0 Å². The fourth-order valence-electron chi connectivity index (χ4n) is 3.65. The van der Waals surface area contributed by atoms with Crippen molar-refractivity contribution in [3.05, 3.63) is 78.1 Å². The zero-order valence-corrected chi connectivity index (χ0v) is 18.2. The predicted octanol–water partition coefficient (Wildman–Crippen LogP) is 3.54. The molecule has 1 aromatic carbocycles. The van der Waals surface area contributed by atoms with E-state index < -0.39 is 0 Å². The Bertz CT molecular complexity index is 1220. The van der Waals surface area contributed by atoms with Crippen LogP contribution in [-0.2, 0) is 0 Å². The number of carbonyl (C=O) groups is 1. The van der Waals surface area contributed by atoms with Crippen LogP contribution in [0.1, 0.15) is 16.1 Å². The number of hydrogen-bond donors (Lipinski definition) is 1. The number of carbonyl (C=O) groups excluding carboxylic acids is 1. The van der Waals surface area contributed by atoms with Crippen molar-refractivity contribution in [3.63, 3.8) is 0 Å². The van der Waals surface area contributed by atoms with Crippen molar-refractivity contribution >= 4 is 23.4 Å². The van der Waals surface area contributed by atoms with Crippen molar-refractivity contribution < 1.29 is 9.32 Å². The van der Waals surface area contributed by atoms with Crippen molar-refractivity contribution in [3.8, 4) is 11.3 Å².